The quantitative estimate of drug-likeness (QED) is 0.376. The molecule has 1 saturated heterocycles. The summed E-state index contributed by atoms with van der Waals surface area (Å²) < 4.78 is 5.17. The maximum Gasteiger partial charge on any atom is 0.194 e. The van der Waals surface area contributed by atoms with Crippen molar-refractivity contribution in [3.8, 4) is 11.5 Å². The second-order valence-electron chi connectivity index (χ2n) is 6.82. The predicted molar refractivity (Wildman–Crippen MR) is 118 cm³/mol. The summed E-state index contributed by atoms with van der Waals surface area (Å²) in [6.07, 6.45) is 0. The van der Waals surface area contributed by atoms with Gasteiger partial charge in [-0.25, -0.2) is 4.99 Å². The van der Waals surface area contributed by atoms with Crippen molar-refractivity contribution >= 4 is 29.9 Å². The van der Waals surface area contributed by atoms with Gasteiger partial charge in [0.15, 0.2) is 17.5 Å². The molecule has 1 aliphatic rings. The highest BCUT2D eigenvalue weighted by Crippen LogP contribution is 2.29. The van der Waals surface area contributed by atoms with E-state index < -0.39 is 0 Å². The second-order valence-corrected chi connectivity index (χ2v) is 6.82. The summed E-state index contributed by atoms with van der Waals surface area (Å²) in [6, 6.07) is 5.51. The van der Waals surface area contributed by atoms with E-state index in [-0.39, 0.29) is 29.7 Å². The molecule has 7 heteroatoms. The Labute approximate surface area is 174 Å². The van der Waals surface area contributed by atoms with Gasteiger partial charge in [-0.15, -0.1) is 24.0 Å². The van der Waals surface area contributed by atoms with Crippen LogP contribution in [0.25, 0.3) is 0 Å². The number of hydrogen-bond donors (Lipinski definition) is 2. The number of phenols is 1. The van der Waals surface area contributed by atoms with Crippen molar-refractivity contribution in [2.24, 2.45) is 10.9 Å². The molecule has 0 radical (unpaired) electrons. The molecule has 0 amide bonds. The number of rotatable bonds is 6. The number of nitrogens with zero attached hydrogens (tertiary/aromatic N) is 3. The summed E-state index contributed by atoms with van der Waals surface area (Å²) in [4.78, 5) is 9.54. The Balaban J connectivity index is 0.00000338. The van der Waals surface area contributed by atoms with Crippen LogP contribution in [0.3, 0.4) is 0 Å². The fourth-order valence-electron chi connectivity index (χ4n) is 3.10. The van der Waals surface area contributed by atoms with E-state index in [2.05, 4.69) is 35.9 Å². The zero-order valence-corrected chi connectivity index (χ0v) is 18.7. The van der Waals surface area contributed by atoms with Gasteiger partial charge < -0.3 is 20.1 Å². The number of benzene rings is 1. The highest BCUT2D eigenvalue weighted by molar-refractivity contribution is 14.0. The Morgan fingerprint density at radius 1 is 1.27 bits per heavy atom. The SMILES string of the molecule is CCNC(=NCc1cccc(OC)c1O)N1CCN(CC(C)C)CC1.I. The van der Waals surface area contributed by atoms with Crippen LogP contribution in [0.1, 0.15) is 26.3 Å². The van der Waals surface area contributed by atoms with Gasteiger partial charge in [-0.05, 0) is 18.9 Å². The van der Waals surface area contributed by atoms with E-state index in [4.69, 9.17) is 9.73 Å². The third-order valence-corrected chi connectivity index (χ3v) is 4.33. The van der Waals surface area contributed by atoms with Gasteiger partial charge in [-0.2, -0.15) is 0 Å². The van der Waals surface area contributed by atoms with Gasteiger partial charge in [0.2, 0.25) is 0 Å². The van der Waals surface area contributed by atoms with Crippen molar-refractivity contribution in [1.82, 2.24) is 15.1 Å². The summed E-state index contributed by atoms with van der Waals surface area (Å²) in [5.74, 6) is 2.27. The summed E-state index contributed by atoms with van der Waals surface area (Å²) in [5, 5.41) is 13.6. The van der Waals surface area contributed by atoms with Crippen molar-refractivity contribution in [2.75, 3.05) is 46.4 Å². The highest BCUT2D eigenvalue weighted by atomic mass is 127. The average Bonchev–Trinajstić information content (AvgIpc) is 2.60. The third kappa shape index (κ3) is 6.50. The second kappa shape index (κ2) is 11.5. The first-order valence-electron chi connectivity index (χ1n) is 9.15. The number of aliphatic imine (C=N–C) groups is 1. The van der Waals surface area contributed by atoms with Crippen molar-refractivity contribution < 1.29 is 9.84 Å². The number of ether oxygens (including phenoxy) is 1. The molecule has 2 N–H and O–H groups in total. The number of phenolic OH excluding ortho intramolecular Hbond substituents is 1. The predicted octanol–water partition coefficient (Wildman–Crippen LogP) is 2.76. The van der Waals surface area contributed by atoms with E-state index in [1.807, 2.05) is 12.1 Å². The molecule has 6 nitrogen and oxygen atoms in total. The lowest BCUT2D eigenvalue weighted by Gasteiger charge is -2.37. The van der Waals surface area contributed by atoms with Crippen LogP contribution in [0.2, 0.25) is 0 Å². The standard InChI is InChI=1S/C19H32N4O2.HI/c1-5-20-19(23-11-9-22(10-12-23)14-15(2)3)21-13-16-7-6-8-17(25-4)18(16)24;/h6-8,15,24H,5,9-14H2,1-4H3,(H,20,21);1H. The first kappa shape index (κ1) is 22.8. The van der Waals surface area contributed by atoms with E-state index in [1.54, 1.807) is 13.2 Å². The highest BCUT2D eigenvalue weighted by Gasteiger charge is 2.20. The van der Waals surface area contributed by atoms with Crippen molar-refractivity contribution in [1.29, 1.82) is 0 Å². The van der Waals surface area contributed by atoms with Gasteiger partial charge in [-0.1, -0.05) is 26.0 Å². The molecule has 0 atom stereocenters. The van der Waals surface area contributed by atoms with Gasteiger partial charge in [0.05, 0.1) is 13.7 Å². The van der Waals surface area contributed by atoms with Crippen LogP contribution < -0.4 is 10.1 Å². The Kier molecular flexibility index (Phi) is 10.1. The summed E-state index contributed by atoms with van der Waals surface area (Å²) in [5.41, 5.74) is 0.771. The topological polar surface area (TPSA) is 60.3 Å². The van der Waals surface area contributed by atoms with Crippen LogP contribution in [0.15, 0.2) is 23.2 Å². The summed E-state index contributed by atoms with van der Waals surface area (Å²) >= 11 is 0. The molecule has 26 heavy (non-hydrogen) atoms. The molecule has 1 fully saturated rings. The van der Waals surface area contributed by atoms with Gasteiger partial charge in [-0.3, -0.25) is 4.90 Å². The Morgan fingerprint density at radius 2 is 1.96 bits per heavy atom. The van der Waals surface area contributed by atoms with Crippen LogP contribution in [-0.4, -0.2) is 67.2 Å². The fourth-order valence-corrected chi connectivity index (χ4v) is 3.10. The first-order chi connectivity index (χ1) is 12.0. The zero-order chi connectivity index (χ0) is 18.2. The number of methoxy groups -OCH3 is 1. The van der Waals surface area contributed by atoms with E-state index >= 15 is 0 Å². The summed E-state index contributed by atoms with van der Waals surface area (Å²) in [7, 11) is 1.56. The van der Waals surface area contributed by atoms with Crippen LogP contribution >= 0.6 is 24.0 Å². The molecular weight excluding hydrogens is 443 g/mol. The lowest BCUT2D eigenvalue weighted by Crippen LogP contribution is -2.53. The molecule has 0 aromatic heterocycles. The van der Waals surface area contributed by atoms with Crippen LogP contribution in [0.4, 0.5) is 0 Å². The van der Waals surface area contributed by atoms with E-state index in [9.17, 15) is 5.11 Å². The molecule has 1 aromatic carbocycles. The number of hydrogen-bond acceptors (Lipinski definition) is 4. The minimum absolute atomic E-state index is 0. The molecule has 0 unspecified atom stereocenters. The van der Waals surface area contributed by atoms with E-state index in [1.165, 1.54) is 0 Å². The van der Waals surface area contributed by atoms with E-state index in [0.717, 1.165) is 50.8 Å². The Bertz CT molecular complexity index is 573. The van der Waals surface area contributed by atoms with Crippen molar-refractivity contribution in [3.63, 3.8) is 0 Å². The normalized spacial score (nSPS) is 15.7. The minimum atomic E-state index is 0. The monoisotopic (exact) mass is 476 g/mol. The van der Waals surface area contributed by atoms with Crippen LogP contribution in [0, 0.1) is 5.92 Å². The van der Waals surface area contributed by atoms with Crippen LogP contribution in [-0.2, 0) is 6.54 Å². The molecule has 0 aliphatic carbocycles. The molecule has 0 bridgehead atoms. The lowest BCUT2D eigenvalue weighted by atomic mass is 10.2. The molecule has 148 valence electrons. The number of para-hydroxylation sites is 1. The maximum absolute atomic E-state index is 10.2. The number of aromatic hydroxyl groups is 1. The molecule has 0 saturated carbocycles. The number of piperazine rings is 1. The summed E-state index contributed by atoms with van der Waals surface area (Å²) in [6.45, 7) is 13.1. The minimum Gasteiger partial charge on any atom is -0.504 e. The third-order valence-electron chi connectivity index (χ3n) is 4.33. The molecule has 2 rings (SSSR count). The van der Waals surface area contributed by atoms with Gasteiger partial charge in [0.1, 0.15) is 0 Å². The average molecular weight is 476 g/mol. The van der Waals surface area contributed by atoms with Gasteiger partial charge >= 0.3 is 0 Å². The van der Waals surface area contributed by atoms with Crippen molar-refractivity contribution in [2.45, 2.75) is 27.3 Å². The molecule has 1 heterocycles. The largest absolute Gasteiger partial charge is 0.504 e. The fraction of sp³-hybridized carbons (Fsp3) is 0.632. The Hall–Kier alpha value is -1.22. The van der Waals surface area contributed by atoms with Crippen LogP contribution in [0.5, 0.6) is 11.5 Å². The molecule has 0 spiro atoms. The first-order valence-corrected chi connectivity index (χ1v) is 9.15. The number of halogens is 1. The maximum atomic E-state index is 10.2. The Morgan fingerprint density at radius 3 is 2.54 bits per heavy atom. The smallest absolute Gasteiger partial charge is 0.194 e. The van der Waals surface area contributed by atoms with Gasteiger partial charge in [0, 0.05) is 44.8 Å². The lowest BCUT2D eigenvalue weighted by molar-refractivity contribution is 0.164. The molecule has 1 aliphatic heterocycles. The molecular formula is C19H33IN4O2. The number of guanidine groups is 1. The van der Waals surface area contributed by atoms with Crippen molar-refractivity contribution in [3.05, 3.63) is 23.8 Å². The molecule has 1 aromatic rings. The van der Waals surface area contributed by atoms with Gasteiger partial charge in [0.25, 0.3) is 0 Å². The van der Waals surface area contributed by atoms with E-state index in [0.29, 0.717) is 18.2 Å². The number of nitrogens with one attached hydrogen (secondary N) is 1. The zero-order valence-electron chi connectivity index (χ0n) is 16.4.